The molecule has 0 radical (unpaired) electrons. The second-order valence-corrected chi connectivity index (χ2v) is 7.88. The normalized spacial score (nSPS) is 17.1. The van der Waals surface area contributed by atoms with Crippen LogP contribution in [0.5, 0.6) is 5.75 Å². The zero-order chi connectivity index (χ0) is 18.6. The van der Waals surface area contributed by atoms with Gasteiger partial charge in [0.1, 0.15) is 5.75 Å². The molecule has 0 atom stereocenters. The second kappa shape index (κ2) is 8.28. The third-order valence-electron chi connectivity index (χ3n) is 5.14. The van der Waals surface area contributed by atoms with Crippen molar-refractivity contribution in [2.45, 2.75) is 6.42 Å². The minimum atomic E-state index is 0.134. The Kier molecular flexibility index (Phi) is 5.60. The molecule has 2 aromatic rings. The summed E-state index contributed by atoms with van der Waals surface area (Å²) in [6.45, 7) is 5.00. The van der Waals surface area contributed by atoms with Gasteiger partial charge in [-0.3, -0.25) is 9.69 Å². The highest BCUT2D eigenvalue weighted by Crippen LogP contribution is 2.26. The van der Waals surface area contributed by atoms with E-state index in [9.17, 15) is 4.79 Å². The minimum Gasteiger partial charge on any atom is -0.493 e. The van der Waals surface area contributed by atoms with Crippen LogP contribution in [0.2, 0.25) is 0 Å². The lowest BCUT2D eigenvalue weighted by atomic mass is 10.1. The van der Waals surface area contributed by atoms with Crippen molar-refractivity contribution in [3.63, 3.8) is 0 Å². The lowest BCUT2D eigenvalue weighted by Gasteiger charge is -2.34. The Morgan fingerprint density at radius 3 is 2.63 bits per heavy atom. The van der Waals surface area contributed by atoms with Gasteiger partial charge in [-0.1, -0.05) is 40.2 Å². The fourth-order valence-corrected chi connectivity index (χ4v) is 3.81. The Hall–Kier alpha value is -2.11. The van der Waals surface area contributed by atoms with E-state index in [1.165, 1.54) is 5.56 Å². The van der Waals surface area contributed by atoms with Crippen LogP contribution in [0.3, 0.4) is 0 Å². The van der Waals surface area contributed by atoms with Crippen LogP contribution in [0.15, 0.2) is 53.0 Å². The molecular formula is C22H23BrN2O2. The molecule has 2 aliphatic rings. The minimum absolute atomic E-state index is 0.134. The number of benzene rings is 2. The molecule has 1 fully saturated rings. The van der Waals surface area contributed by atoms with E-state index in [1.54, 1.807) is 0 Å². The molecule has 0 bridgehead atoms. The van der Waals surface area contributed by atoms with Crippen LogP contribution in [0.1, 0.15) is 21.5 Å². The Balaban J connectivity index is 1.28. The van der Waals surface area contributed by atoms with Crippen LogP contribution < -0.4 is 4.74 Å². The molecule has 27 heavy (non-hydrogen) atoms. The van der Waals surface area contributed by atoms with Gasteiger partial charge >= 0.3 is 0 Å². The summed E-state index contributed by atoms with van der Waals surface area (Å²) in [4.78, 5) is 17.1. The number of carbonyl (C=O) groups excluding carboxylic acids is 1. The lowest BCUT2D eigenvalue weighted by molar-refractivity contribution is 0.0650. The number of nitrogens with zero attached hydrogens (tertiary/aromatic N) is 2. The first-order valence-electron chi connectivity index (χ1n) is 9.38. The molecule has 5 heteroatoms. The van der Waals surface area contributed by atoms with Crippen molar-refractivity contribution in [2.24, 2.45) is 0 Å². The average Bonchev–Trinajstić information content (AvgIpc) is 3.17. The molecule has 0 saturated carbocycles. The highest BCUT2D eigenvalue weighted by molar-refractivity contribution is 9.10. The van der Waals surface area contributed by atoms with Crippen molar-refractivity contribution in [1.29, 1.82) is 0 Å². The van der Waals surface area contributed by atoms with Crippen LogP contribution in [0, 0.1) is 0 Å². The molecule has 0 spiro atoms. The summed E-state index contributed by atoms with van der Waals surface area (Å²) in [5, 5.41) is 0. The Bertz CT molecular complexity index is 840. The van der Waals surface area contributed by atoms with E-state index in [-0.39, 0.29) is 5.91 Å². The summed E-state index contributed by atoms with van der Waals surface area (Å²) >= 11 is 3.45. The Labute approximate surface area is 168 Å². The van der Waals surface area contributed by atoms with E-state index in [0.29, 0.717) is 0 Å². The third kappa shape index (κ3) is 4.42. The fourth-order valence-electron chi connectivity index (χ4n) is 3.55. The SMILES string of the molecule is O=C(c1ccc2c(c1)CCO2)N1CCN(C/C=C/c2ccc(Br)cc2)CC1. The van der Waals surface area contributed by atoms with E-state index in [1.807, 2.05) is 23.1 Å². The highest BCUT2D eigenvalue weighted by Gasteiger charge is 2.23. The number of hydrogen-bond acceptors (Lipinski definition) is 3. The molecule has 0 aromatic heterocycles. The van der Waals surface area contributed by atoms with Crippen molar-refractivity contribution in [3.05, 3.63) is 69.7 Å². The van der Waals surface area contributed by atoms with Gasteiger partial charge in [-0.05, 0) is 41.5 Å². The van der Waals surface area contributed by atoms with E-state index >= 15 is 0 Å². The highest BCUT2D eigenvalue weighted by atomic mass is 79.9. The summed E-state index contributed by atoms with van der Waals surface area (Å²) in [5.41, 5.74) is 3.13. The van der Waals surface area contributed by atoms with Gasteiger partial charge in [-0.25, -0.2) is 0 Å². The van der Waals surface area contributed by atoms with Gasteiger partial charge in [0.2, 0.25) is 0 Å². The summed E-state index contributed by atoms with van der Waals surface area (Å²) in [6.07, 6.45) is 5.24. The second-order valence-electron chi connectivity index (χ2n) is 6.97. The topological polar surface area (TPSA) is 32.8 Å². The van der Waals surface area contributed by atoms with Gasteiger partial charge in [-0.2, -0.15) is 0 Å². The van der Waals surface area contributed by atoms with Crippen LogP contribution in [0.25, 0.3) is 6.08 Å². The monoisotopic (exact) mass is 426 g/mol. The third-order valence-corrected chi connectivity index (χ3v) is 5.67. The number of hydrogen-bond donors (Lipinski definition) is 0. The maximum absolute atomic E-state index is 12.8. The Morgan fingerprint density at radius 2 is 1.85 bits per heavy atom. The first-order chi connectivity index (χ1) is 13.2. The van der Waals surface area contributed by atoms with Gasteiger partial charge < -0.3 is 9.64 Å². The fraction of sp³-hybridized carbons (Fsp3) is 0.318. The van der Waals surface area contributed by atoms with Gasteiger partial charge in [-0.15, -0.1) is 0 Å². The quantitative estimate of drug-likeness (QED) is 0.743. The molecule has 2 aromatic carbocycles. The number of amides is 1. The van der Waals surface area contributed by atoms with Crippen molar-refractivity contribution in [3.8, 4) is 5.75 Å². The molecule has 1 saturated heterocycles. The van der Waals surface area contributed by atoms with E-state index in [2.05, 4.69) is 57.2 Å². The predicted molar refractivity (Wildman–Crippen MR) is 111 cm³/mol. The maximum atomic E-state index is 12.8. The van der Waals surface area contributed by atoms with Crippen LogP contribution in [-0.4, -0.2) is 55.0 Å². The van der Waals surface area contributed by atoms with Crippen LogP contribution in [-0.2, 0) is 6.42 Å². The molecule has 4 rings (SSSR count). The smallest absolute Gasteiger partial charge is 0.253 e. The summed E-state index contributed by atoms with van der Waals surface area (Å²) in [5.74, 6) is 1.06. The summed E-state index contributed by atoms with van der Waals surface area (Å²) in [6, 6.07) is 14.1. The number of rotatable bonds is 4. The van der Waals surface area contributed by atoms with E-state index < -0.39 is 0 Å². The summed E-state index contributed by atoms with van der Waals surface area (Å²) in [7, 11) is 0. The summed E-state index contributed by atoms with van der Waals surface area (Å²) < 4.78 is 6.62. The van der Waals surface area contributed by atoms with Crippen molar-refractivity contribution >= 4 is 27.9 Å². The van der Waals surface area contributed by atoms with E-state index in [0.717, 1.165) is 67.1 Å². The van der Waals surface area contributed by atoms with Crippen molar-refractivity contribution in [2.75, 3.05) is 39.3 Å². The zero-order valence-electron chi connectivity index (χ0n) is 15.2. The van der Waals surface area contributed by atoms with Crippen LogP contribution in [0.4, 0.5) is 0 Å². The number of fused-ring (bicyclic) bond motifs is 1. The molecule has 0 N–H and O–H groups in total. The van der Waals surface area contributed by atoms with Crippen molar-refractivity contribution < 1.29 is 9.53 Å². The molecule has 2 heterocycles. The lowest BCUT2D eigenvalue weighted by Crippen LogP contribution is -2.48. The van der Waals surface area contributed by atoms with Gasteiger partial charge in [0.05, 0.1) is 6.61 Å². The first-order valence-corrected chi connectivity index (χ1v) is 10.2. The number of halogens is 1. The molecule has 2 aliphatic heterocycles. The molecule has 0 unspecified atom stereocenters. The maximum Gasteiger partial charge on any atom is 0.253 e. The number of piperazine rings is 1. The van der Waals surface area contributed by atoms with Gasteiger partial charge in [0.15, 0.2) is 0 Å². The number of ether oxygens (including phenoxy) is 1. The molecule has 140 valence electrons. The predicted octanol–water partition coefficient (Wildman–Crippen LogP) is 3.86. The van der Waals surface area contributed by atoms with Crippen molar-refractivity contribution in [1.82, 2.24) is 9.80 Å². The molecule has 0 aliphatic carbocycles. The zero-order valence-corrected chi connectivity index (χ0v) is 16.8. The van der Waals surface area contributed by atoms with E-state index in [4.69, 9.17) is 4.74 Å². The molecule has 1 amide bonds. The first kappa shape index (κ1) is 18.3. The van der Waals surface area contributed by atoms with Gasteiger partial charge in [0, 0.05) is 49.2 Å². The largest absolute Gasteiger partial charge is 0.493 e. The van der Waals surface area contributed by atoms with Crippen LogP contribution >= 0.6 is 15.9 Å². The van der Waals surface area contributed by atoms with Gasteiger partial charge in [0.25, 0.3) is 5.91 Å². The Morgan fingerprint density at radius 1 is 1.07 bits per heavy atom. The molecular weight excluding hydrogens is 404 g/mol. The average molecular weight is 427 g/mol. The standard InChI is InChI=1S/C22H23BrN2O2/c23-20-6-3-17(4-7-20)2-1-10-24-11-13-25(14-12-24)22(26)19-5-8-21-18(16-19)9-15-27-21/h1-8,16H,9-15H2/b2-1+. The number of carbonyl (C=O) groups is 1. The molecule has 4 nitrogen and oxygen atoms in total.